The minimum atomic E-state index is -0.330. The minimum Gasteiger partial charge on any atom is -0.465 e. The molecule has 3 nitrogen and oxygen atoms in total. The molecule has 0 aromatic heterocycles. The van der Waals surface area contributed by atoms with E-state index in [0.29, 0.717) is 12.1 Å². The van der Waals surface area contributed by atoms with Crippen LogP contribution in [0.2, 0.25) is 0 Å². The van der Waals surface area contributed by atoms with Crippen LogP contribution in [-0.4, -0.2) is 13.1 Å². The van der Waals surface area contributed by atoms with E-state index in [0.717, 1.165) is 21.1 Å². The molecule has 2 rings (SSSR count). The third-order valence-electron chi connectivity index (χ3n) is 3.06. The van der Waals surface area contributed by atoms with Gasteiger partial charge in [0, 0.05) is 22.0 Å². The average Bonchev–Trinajstić information content (AvgIpc) is 2.50. The Morgan fingerprint density at radius 3 is 2.33 bits per heavy atom. The van der Waals surface area contributed by atoms with Gasteiger partial charge in [-0.1, -0.05) is 56.1 Å². The van der Waals surface area contributed by atoms with E-state index in [1.807, 2.05) is 24.3 Å². The van der Waals surface area contributed by atoms with Gasteiger partial charge in [0.25, 0.3) is 0 Å². The van der Waals surface area contributed by atoms with Gasteiger partial charge in [0.2, 0.25) is 0 Å². The van der Waals surface area contributed by atoms with Crippen LogP contribution in [-0.2, 0) is 17.8 Å². The van der Waals surface area contributed by atoms with Gasteiger partial charge in [-0.15, -0.1) is 0 Å². The summed E-state index contributed by atoms with van der Waals surface area (Å²) in [6, 6.07) is 13.6. The van der Waals surface area contributed by atoms with Crippen molar-refractivity contribution in [2.24, 2.45) is 0 Å². The fourth-order valence-corrected chi connectivity index (χ4v) is 2.85. The molecule has 110 valence electrons. The van der Waals surface area contributed by atoms with Crippen molar-refractivity contribution in [2.45, 2.75) is 13.1 Å². The van der Waals surface area contributed by atoms with Gasteiger partial charge < -0.3 is 10.1 Å². The van der Waals surface area contributed by atoms with Crippen molar-refractivity contribution in [1.82, 2.24) is 5.32 Å². The zero-order valence-electron chi connectivity index (χ0n) is 11.5. The highest BCUT2D eigenvalue weighted by Gasteiger charge is 2.08. The molecule has 0 fully saturated rings. The number of methoxy groups -OCH3 is 1. The van der Waals surface area contributed by atoms with Crippen molar-refractivity contribution >= 4 is 37.8 Å². The molecule has 0 saturated heterocycles. The van der Waals surface area contributed by atoms with Crippen molar-refractivity contribution in [3.63, 3.8) is 0 Å². The fourth-order valence-electron chi connectivity index (χ4n) is 1.91. The second-order valence-corrected chi connectivity index (χ2v) is 6.20. The molecule has 0 aliphatic rings. The Morgan fingerprint density at radius 1 is 1.05 bits per heavy atom. The van der Waals surface area contributed by atoms with Crippen molar-refractivity contribution < 1.29 is 9.53 Å². The Balaban J connectivity index is 1.98. The summed E-state index contributed by atoms with van der Waals surface area (Å²) in [5.41, 5.74) is 2.84. The molecule has 0 unspecified atom stereocenters. The van der Waals surface area contributed by atoms with Crippen LogP contribution in [0, 0.1) is 0 Å². The number of benzene rings is 2. The van der Waals surface area contributed by atoms with Crippen LogP contribution in [0.3, 0.4) is 0 Å². The summed E-state index contributed by atoms with van der Waals surface area (Å²) in [4.78, 5) is 11.4. The average molecular weight is 413 g/mol. The van der Waals surface area contributed by atoms with E-state index in [1.54, 1.807) is 12.1 Å². The van der Waals surface area contributed by atoms with Crippen molar-refractivity contribution in [2.75, 3.05) is 7.11 Å². The first kappa shape index (κ1) is 16.2. The second kappa shape index (κ2) is 7.73. The van der Waals surface area contributed by atoms with Gasteiger partial charge in [-0.25, -0.2) is 4.79 Å². The molecule has 2 aromatic rings. The van der Waals surface area contributed by atoms with E-state index in [9.17, 15) is 4.79 Å². The van der Waals surface area contributed by atoms with Crippen LogP contribution in [0.5, 0.6) is 0 Å². The van der Waals surface area contributed by atoms with Crippen molar-refractivity contribution in [3.8, 4) is 0 Å². The number of ether oxygens (including phenoxy) is 1. The van der Waals surface area contributed by atoms with Crippen LogP contribution in [0.4, 0.5) is 0 Å². The molecule has 0 atom stereocenters. The molecule has 1 N–H and O–H groups in total. The summed E-state index contributed by atoms with van der Waals surface area (Å²) in [7, 11) is 1.38. The summed E-state index contributed by atoms with van der Waals surface area (Å²) in [6.45, 7) is 1.48. The lowest BCUT2D eigenvalue weighted by atomic mass is 10.1. The highest BCUT2D eigenvalue weighted by Crippen LogP contribution is 2.20. The smallest absolute Gasteiger partial charge is 0.337 e. The molecule has 0 spiro atoms. The van der Waals surface area contributed by atoms with E-state index in [-0.39, 0.29) is 5.97 Å². The fraction of sp³-hybridized carbons (Fsp3) is 0.188. The summed E-state index contributed by atoms with van der Waals surface area (Å²) in [6.07, 6.45) is 0. The van der Waals surface area contributed by atoms with Gasteiger partial charge in [-0.05, 0) is 29.3 Å². The predicted molar refractivity (Wildman–Crippen MR) is 90.2 cm³/mol. The second-order valence-electron chi connectivity index (χ2n) is 4.49. The standard InChI is InChI=1S/C16H15Br2NO2/c1-21-16(20)11-6-7-13(15(18)8-11)10-19-9-12-4-2-3-5-14(12)17/h2-8,19H,9-10H2,1H3. The molecule has 5 heteroatoms. The Labute approximate surface area is 141 Å². The Kier molecular flexibility index (Phi) is 5.96. The summed E-state index contributed by atoms with van der Waals surface area (Å²) in [5, 5.41) is 3.39. The van der Waals surface area contributed by atoms with Crippen LogP contribution >= 0.6 is 31.9 Å². The Bertz CT molecular complexity index is 644. The number of rotatable bonds is 5. The Morgan fingerprint density at radius 2 is 1.71 bits per heavy atom. The third-order valence-corrected chi connectivity index (χ3v) is 4.57. The predicted octanol–water partition coefficient (Wildman–Crippen LogP) is 4.29. The number of nitrogens with one attached hydrogen (secondary N) is 1. The van der Waals surface area contributed by atoms with Gasteiger partial charge in [-0.2, -0.15) is 0 Å². The number of hydrogen-bond acceptors (Lipinski definition) is 3. The minimum absolute atomic E-state index is 0.330. The van der Waals surface area contributed by atoms with E-state index in [1.165, 1.54) is 12.7 Å². The van der Waals surface area contributed by atoms with Crippen LogP contribution < -0.4 is 5.32 Å². The molecule has 2 aromatic carbocycles. The summed E-state index contributed by atoms with van der Waals surface area (Å²) < 4.78 is 6.69. The van der Waals surface area contributed by atoms with Gasteiger partial charge in [0.15, 0.2) is 0 Å². The number of carbonyl (C=O) groups is 1. The molecule has 0 heterocycles. The third kappa shape index (κ3) is 4.40. The van der Waals surface area contributed by atoms with Gasteiger partial charge in [0.1, 0.15) is 0 Å². The zero-order chi connectivity index (χ0) is 15.2. The van der Waals surface area contributed by atoms with Crippen molar-refractivity contribution in [1.29, 1.82) is 0 Å². The molecular weight excluding hydrogens is 398 g/mol. The highest BCUT2D eigenvalue weighted by molar-refractivity contribution is 9.10. The number of carbonyl (C=O) groups excluding carboxylic acids is 1. The summed E-state index contributed by atoms with van der Waals surface area (Å²) in [5.74, 6) is -0.330. The number of esters is 1. The largest absolute Gasteiger partial charge is 0.465 e. The molecule has 0 aliphatic heterocycles. The van der Waals surface area contributed by atoms with Crippen molar-refractivity contribution in [3.05, 3.63) is 68.1 Å². The highest BCUT2D eigenvalue weighted by atomic mass is 79.9. The normalized spacial score (nSPS) is 10.4. The molecular formula is C16H15Br2NO2. The molecule has 0 saturated carbocycles. The maximum atomic E-state index is 11.4. The van der Waals surface area contributed by atoms with E-state index in [4.69, 9.17) is 4.74 Å². The first-order chi connectivity index (χ1) is 10.1. The molecule has 0 bridgehead atoms. The lowest BCUT2D eigenvalue weighted by Gasteiger charge is -2.09. The van der Waals surface area contributed by atoms with Gasteiger partial charge in [-0.3, -0.25) is 0 Å². The monoisotopic (exact) mass is 411 g/mol. The first-order valence-corrected chi connectivity index (χ1v) is 8.01. The number of hydrogen-bond donors (Lipinski definition) is 1. The van der Waals surface area contributed by atoms with Crippen LogP contribution in [0.15, 0.2) is 51.4 Å². The first-order valence-electron chi connectivity index (χ1n) is 6.42. The molecule has 0 amide bonds. The van der Waals surface area contributed by atoms with E-state index in [2.05, 4.69) is 43.2 Å². The van der Waals surface area contributed by atoms with E-state index >= 15 is 0 Å². The lowest BCUT2D eigenvalue weighted by molar-refractivity contribution is 0.0600. The summed E-state index contributed by atoms with van der Waals surface area (Å²) >= 11 is 7.02. The van der Waals surface area contributed by atoms with Crippen LogP contribution in [0.1, 0.15) is 21.5 Å². The zero-order valence-corrected chi connectivity index (χ0v) is 14.7. The van der Waals surface area contributed by atoms with Gasteiger partial charge >= 0.3 is 5.97 Å². The molecule has 0 radical (unpaired) electrons. The quantitative estimate of drug-likeness (QED) is 0.744. The van der Waals surface area contributed by atoms with E-state index < -0.39 is 0 Å². The Hall–Kier alpha value is -1.17. The molecule has 21 heavy (non-hydrogen) atoms. The SMILES string of the molecule is COC(=O)c1ccc(CNCc2ccccc2Br)c(Br)c1. The van der Waals surface area contributed by atoms with Crippen LogP contribution in [0.25, 0.3) is 0 Å². The maximum absolute atomic E-state index is 11.4. The number of halogens is 2. The van der Waals surface area contributed by atoms with Gasteiger partial charge in [0.05, 0.1) is 12.7 Å². The topological polar surface area (TPSA) is 38.3 Å². The lowest BCUT2D eigenvalue weighted by Crippen LogP contribution is -2.13. The molecule has 0 aliphatic carbocycles. The maximum Gasteiger partial charge on any atom is 0.337 e.